The molecule has 3 heteroatoms. The third-order valence-corrected chi connectivity index (χ3v) is 1.85. The Bertz CT molecular complexity index is 435. The molecule has 13 heavy (non-hydrogen) atoms. The molecule has 1 aromatic carbocycles. The molecule has 3 nitrogen and oxygen atoms in total. The molecule has 64 valence electrons. The fraction of sp³-hybridized carbons (Fsp3) is 0. The van der Waals surface area contributed by atoms with Gasteiger partial charge in [-0.2, -0.15) is 0 Å². The second kappa shape index (κ2) is 2.86. The standard InChI is InChI=1S/C10H9N3/c1-7(11-2)10-12-8-5-3-4-6-9(8)13-10/h3-6H,1-2H2,(H,12,13). The predicted octanol–water partition coefficient (Wildman–Crippen LogP) is 2.23. The van der Waals surface area contributed by atoms with Crippen LogP contribution in [-0.2, 0) is 0 Å². The molecule has 0 spiro atoms. The molecule has 1 heterocycles. The van der Waals surface area contributed by atoms with Crippen molar-refractivity contribution in [3.8, 4) is 0 Å². The molecular formula is C10H9N3. The van der Waals surface area contributed by atoms with E-state index in [0.717, 1.165) is 11.0 Å². The molecular weight excluding hydrogens is 162 g/mol. The van der Waals surface area contributed by atoms with E-state index in [1.807, 2.05) is 24.3 Å². The van der Waals surface area contributed by atoms with E-state index in [4.69, 9.17) is 0 Å². The van der Waals surface area contributed by atoms with E-state index in [1.54, 1.807) is 0 Å². The molecule has 0 atom stereocenters. The van der Waals surface area contributed by atoms with Crippen LogP contribution < -0.4 is 0 Å². The monoisotopic (exact) mass is 171 g/mol. The topological polar surface area (TPSA) is 41.0 Å². The van der Waals surface area contributed by atoms with Gasteiger partial charge in [0.25, 0.3) is 0 Å². The molecule has 1 N–H and O–H groups in total. The summed E-state index contributed by atoms with van der Waals surface area (Å²) in [5, 5.41) is 0. The van der Waals surface area contributed by atoms with E-state index in [9.17, 15) is 0 Å². The molecule has 1 aromatic heterocycles. The van der Waals surface area contributed by atoms with Crippen LogP contribution in [0, 0.1) is 0 Å². The molecule has 0 fully saturated rings. The Morgan fingerprint density at radius 2 is 2.15 bits per heavy atom. The lowest BCUT2D eigenvalue weighted by Crippen LogP contribution is -1.80. The zero-order chi connectivity index (χ0) is 9.26. The summed E-state index contributed by atoms with van der Waals surface area (Å²) in [6.07, 6.45) is 0. The summed E-state index contributed by atoms with van der Waals surface area (Å²) in [4.78, 5) is 11.1. The first-order valence-corrected chi connectivity index (χ1v) is 3.92. The highest BCUT2D eigenvalue weighted by molar-refractivity contribution is 5.78. The van der Waals surface area contributed by atoms with Crippen LogP contribution in [0.2, 0.25) is 0 Å². The second-order valence-corrected chi connectivity index (χ2v) is 2.71. The molecule has 0 aliphatic carbocycles. The Morgan fingerprint density at radius 1 is 1.38 bits per heavy atom. The van der Waals surface area contributed by atoms with Gasteiger partial charge in [0.2, 0.25) is 0 Å². The lowest BCUT2D eigenvalue weighted by atomic mass is 10.3. The molecule has 0 aliphatic rings. The van der Waals surface area contributed by atoms with Crippen molar-refractivity contribution in [2.24, 2.45) is 4.99 Å². The highest BCUT2D eigenvalue weighted by atomic mass is 15.0. The molecule has 0 aliphatic heterocycles. The molecule has 2 rings (SSSR count). The van der Waals surface area contributed by atoms with E-state index >= 15 is 0 Å². The highest BCUT2D eigenvalue weighted by Crippen LogP contribution is 2.15. The average Bonchev–Trinajstić information content (AvgIpc) is 2.59. The number of H-pyrrole nitrogens is 1. The van der Waals surface area contributed by atoms with Crippen LogP contribution in [0.15, 0.2) is 35.8 Å². The Kier molecular flexibility index (Phi) is 1.70. The van der Waals surface area contributed by atoms with Gasteiger partial charge in [0, 0.05) is 0 Å². The van der Waals surface area contributed by atoms with E-state index < -0.39 is 0 Å². The number of hydrogen-bond acceptors (Lipinski definition) is 2. The zero-order valence-electron chi connectivity index (χ0n) is 7.12. The molecule has 0 saturated heterocycles. The van der Waals surface area contributed by atoms with Gasteiger partial charge in [-0.3, -0.25) is 4.99 Å². The second-order valence-electron chi connectivity index (χ2n) is 2.71. The molecule has 0 radical (unpaired) electrons. The number of aromatic amines is 1. The van der Waals surface area contributed by atoms with Crippen molar-refractivity contribution in [2.45, 2.75) is 0 Å². The molecule has 0 unspecified atom stereocenters. The van der Waals surface area contributed by atoms with Crippen LogP contribution >= 0.6 is 0 Å². The number of nitrogens with zero attached hydrogens (tertiary/aromatic N) is 2. The highest BCUT2D eigenvalue weighted by Gasteiger charge is 2.02. The number of fused-ring (bicyclic) bond motifs is 1. The van der Waals surface area contributed by atoms with Crippen molar-refractivity contribution in [1.82, 2.24) is 9.97 Å². The largest absolute Gasteiger partial charge is 0.337 e. The SMILES string of the molecule is C=NC(=C)c1nc2ccccc2[nH]1. The summed E-state index contributed by atoms with van der Waals surface area (Å²) in [6.45, 7) is 7.11. The number of hydrogen-bond donors (Lipinski definition) is 1. The van der Waals surface area contributed by atoms with Crippen LogP contribution in [0.5, 0.6) is 0 Å². The summed E-state index contributed by atoms with van der Waals surface area (Å²) in [5.41, 5.74) is 2.47. The van der Waals surface area contributed by atoms with E-state index in [-0.39, 0.29) is 0 Å². The summed E-state index contributed by atoms with van der Waals surface area (Å²) in [6, 6.07) is 7.79. The zero-order valence-corrected chi connectivity index (χ0v) is 7.12. The fourth-order valence-electron chi connectivity index (χ4n) is 1.16. The maximum absolute atomic E-state index is 4.29. The maximum atomic E-state index is 4.29. The van der Waals surface area contributed by atoms with Crippen LogP contribution in [0.4, 0.5) is 0 Å². The third-order valence-electron chi connectivity index (χ3n) is 1.85. The van der Waals surface area contributed by atoms with Crippen LogP contribution in [0.25, 0.3) is 16.7 Å². The van der Waals surface area contributed by atoms with Crippen molar-refractivity contribution in [1.29, 1.82) is 0 Å². The fourth-order valence-corrected chi connectivity index (χ4v) is 1.16. The summed E-state index contributed by atoms with van der Waals surface area (Å²) >= 11 is 0. The van der Waals surface area contributed by atoms with Gasteiger partial charge in [-0.15, -0.1) is 0 Å². The van der Waals surface area contributed by atoms with Crippen molar-refractivity contribution in [3.05, 3.63) is 36.7 Å². The van der Waals surface area contributed by atoms with E-state index in [1.165, 1.54) is 0 Å². The van der Waals surface area contributed by atoms with Gasteiger partial charge >= 0.3 is 0 Å². The van der Waals surface area contributed by atoms with Gasteiger partial charge in [-0.25, -0.2) is 4.98 Å². The molecule has 0 bridgehead atoms. The summed E-state index contributed by atoms with van der Waals surface area (Å²) in [7, 11) is 0. The number of nitrogens with one attached hydrogen (secondary N) is 1. The van der Waals surface area contributed by atoms with Crippen molar-refractivity contribution in [2.75, 3.05) is 0 Å². The minimum atomic E-state index is 0.566. The Balaban J connectivity index is 2.62. The smallest absolute Gasteiger partial charge is 0.156 e. The van der Waals surface area contributed by atoms with Crippen molar-refractivity contribution < 1.29 is 0 Å². The van der Waals surface area contributed by atoms with Gasteiger partial charge in [-0.1, -0.05) is 18.7 Å². The summed E-state index contributed by atoms with van der Waals surface area (Å²) in [5.74, 6) is 0.677. The average molecular weight is 171 g/mol. The third kappa shape index (κ3) is 1.24. The number of imidazole rings is 1. The van der Waals surface area contributed by atoms with Gasteiger partial charge in [-0.05, 0) is 18.9 Å². The van der Waals surface area contributed by atoms with Crippen molar-refractivity contribution in [3.63, 3.8) is 0 Å². The van der Waals surface area contributed by atoms with Gasteiger partial charge in [0.1, 0.15) is 0 Å². The minimum absolute atomic E-state index is 0.566. The maximum Gasteiger partial charge on any atom is 0.156 e. The quantitative estimate of drug-likeness (QED) is 0.691. The Labute approximate surface area is 75.8 Å². The number of benzene rings is 1. The van der Waals surface area contributed by atoms with Gasteiger partial charge in [0.15, 0.2) is 5.82 Å². The van der Waals surface area contributed by atoms with Crippen LogP contribution in [-0.4, -0.2) is 16.7 Å². The van der Waals surface area contributed by atoms with E-state index in [2.05, 4.69) is 28.3 Å². The first-order chi connectivity index (χ1) is 6.31. The minimum Gasteiger partial charge on any atom is -0.337 e. The number of aliphatic imine (C=N–C) groups is 1. The first-order valence-electron chi connectivity index (χ1n) is 3.92. The number of rotatable bonds is 2. The molecule has 0 amide bonds. The molecule has 2 aromatic rings. The van der Waals surface area contributed by atoms with Crippen LogP contribution in [0.3, 0.4) is 0 Å². The summed E-state index contributed by atoms with van der Waals surface area (Å²) < 4.78 is 0. The lowest BCUT2D eigenvalue weighted by molar-refractivity contribution is 1.25. The molecule has 0 saturated carbocycles. The Hall–Kier alpha value is -1.90. The van der Waals surface area contributed by atoms with E-state index in [0.29, 0.717) is 11.5 Å². The van der Waals surface area contributed by atoms with Gasteiger partial charge in [0.05, 0.1) is 16.7 Å². The van der Waals surface area contributed by atoms with Crippen LogP contribution in [0.1, 0.15) is 5.82 Å². The normalized spacial score (nSPS) is 10.2. The number of aromatic nitrogens is 2. The van der Waals surface area contributed by atoms with Gasteiger partial charge < -0.3 is 4.98 Å². The lowest BCUT2D eigenvalue weighted by Gasteiger charge is -1.89. The first kappa shape index (κ1) is 7.73. The Morgan fingerprint density at radius 3 is 2.85 bits per heavy atom. The van der Waals surface area contributed by atoms with Crippen molar-refractivity contribution >= 4 is 23.4 Å². The predicted molar refractivity (Wildman–Crippen MR) is 54.7 cm³/mol. The number of para-hydroxylation sites is 2.